The minimum Gasteiger partial charge on any atom is -0.396 e. The van der Waals surface area contributed by atoms with Gasteiger partial charge in [-0.2, -0.15) is 0 Å². The summed E-state index contributed by atoms with van der Waals surface area (Å²) in [6, 6.07) is 0. The first-order valence-electron chi connectivity index (χ1n) is 6.03. The first kappa shape index (κ1) is 12.5. The lowest BCUT2D eigenvalue weighted by Crippen LogP contribution is -2.43. The Hall–Kier alpha value is -0.600. The zero-order valence-electron chi connectivity index (χ0n) is 9.71. The Kier molecular flexibility index (Phi) is 5.66. The minimum atomic E-state index is 0.188. The second-order valence-electron chi connectivity index (χ2n) is 4.21. The summed E-state index contributed by atoms with van der Waals surface area (Å²) in [6.45, 7) is 3.60. The average molecular weight is 209 g/mol. The van der Waals surface area contributed by atoms with Gasteiger partial charge in [-0.3, -0.25) is 0 Å². The van der Waals surface area contributed by atoms with Gasteiger partial charge in [-0.15, -0.1) is 0 Å². The molecule has 1 aliphatic rings. The molecule has 1 atom stereocenters. The van der Waals surface area contributed by atoms with Gasteiger partial charge in [-0.05, 0) is 38.6 Å². The van der Waals surface area contributed by atoms with Crippen LogP contribution in [0.1, 0.15) is 39.0 Å². The van der Waals surface area contributed by atoms with Crippen molar-refractivity contribution in [1.29, 1.82) is 0 Å². The fourth-order valence-corrected chi connectivity index (χ4v) is 1.93. The number of aliphatic hydroxyl groups is 1. The van der Waals surface area contributed by atoms with Crippen LogP contribution in [0, 0.1) is 0 Å². The van der Waals surface area contributed by atoms with Crippen molar-refractivity contribution in [1.82, 2.24) is 5.32 Å². The van der Waals surface area contributed by atoms with E-state index in [1.807, 2.05) is 0 Å². The van der Waals surface area contributed by atoms with Gasteiger partial charge in [0.25, 0.3) is 0 Å². The summed E-state index contributed by atoms with van der Waals surface area (Å²) in [4.78, 5) is 0. The zero-order chi connectivity index (χ0) is 11.0. The fourth-order valence-electron chi connectivity index (χ4n) is 1.93. The van der Waals surface area contributed by atoms with Gasteiger partial charge < -0.3 is 10.4 Å². The van der Waals surface area contributed by atoms with Gasteiger partial charge in [0.1, 0.15) is 0 Å². The Morgan fingerprint density at radius 2 is 2.13 bits per heavy atom. The van der Waals surface area contributed by atoms with Crippen LogP contribution in [-0.4, -0.2) is 23.8 Å². The summed E-state index contributed by atoms with van der Waals surface area (Å²) in [6.07, 6.45) is 14.2. The third-order valence-electron chi connectivity index (χ3n) is 3.09. The van der Waals surface area contributed by atoms with Crippen molar-refractivity contribution in [3.63, 3.8) is 0 Å². The van der Waals surface area contributed by atoms with Crippen LogP contribution in [0.2, 0.25) is 0 Å². The van der Waals surface area contributed by atoms with Crippen LogP contribution in [-0.2, 0) is 0 Å². The molecule has 0 saturated heterocycles. The van der Waals surface area contributed by atoms with Crippen LogP contribution < -0.4 is 5.32 Å². The summed E-state index contributed by atoms with van der Waals surface area (Å²) in [5, 5.41) is 12.3. The Balaban J connectivity index is 2.22. The molecule has 86 valence electrons. The van der Waals surface area contributed by atoms with Gasteiger partial charge in [-0.25, -0.2) is 0 Å². The first-order valence-corrected chi connectivity index (χ1v) is 6.03. The monoisotopic (exact) mass is 209 g/mol. The summed E-state index contributed by atoms with van der Waals surface area (Å²) >= 11 is 0. The summed E-state index contributed by atoms with van der Waals surface area (Å²) in [5.41, 5.74) is 0.188. The molecule has 2 heteroatoms. The SMILES string of the molecule is CCC1(NCCCCCO)C=CC=CC1. The zero-order valence-corrected chi connectivity index (χ0v) is 9.71. The number of aliphatic hydroxyl groups excluding tert-OH is 1. The highest BCUT2D eigenvalue weighted by Gasteiger charge is 2.23. The van der Waals surface area contributed by atoms with Crippen LogP contribution >= 0.6 is 0 Å². The number of rotatable bonds is 7. The molecule has 2 nitrogen and oxygen atoms in total. The van der Waals surface area contributed by atoms with Gasteiger partial charge in [0.05, 0.1) is 0 Å². The number of nitrogens with one attached hydrogen (secondary N) is 1. The first-order chi connectivity index (χ1) is 7.33. The fraction of sp³-hybridized carbons (Fsp3) is 0.692. The van der Waals surface area contributed by atoms with E-state index in [4.69, 9.17) is 5.11 Å². The van der Waals surface area contributed by atoms with Crippen LogP contribution in [0.25, 0.3) is 0 Å². The normalized spacial score (nSPS) is 24.7. The third kappa shape index (κ3) is 4.18. The Morgan fingerprint density at radius 3 is 2.73 bits per heavy atom. The molecule has 0 aromatic carbocycles. The van der Waals surface area contributed by atoms with Crippen LogP contribution in [0.3, 0.4) is 0 Å². The molecule has 0 bridgehead atoms. The van der Waals surface area contributed by atoms with Gasteiger partial charge >= 0.3 is 0 Å². The third-order valence-corrected chi connectivity index (χ3v) is 3.09. The largest absolute Gasteiger partial charge is 0.396 e. The van der Waals surface area contributed by atoms with Gasteiger partial charge in [0.15, 0.2) is 0 Å². The lowest BCUT2D eigenvalue weighted by molar-refractivity contribution is 0.281. The molecule has 0 aliphatic heterocycles. The van der Waals surface area contributed by atoms with E-state index < -0.39 is 0 Å². The van der Waals surface area contributed by atoms with E-state index in [2.05, 4.69) is 36.5 Å². The maximum atomic E-state index is 8.67. The van der Waals surface area contributed by atoms with Gasteiger partial charge in [0.2, 0.25) is 0 Å². The molecule has 0 spiro atoms. The molecule has 0 saturated carbocycles. The highest BCUT2D eigenvalue weighted by molar-refractivity contribution is 5.20. The number of hydrogen-bond donors (Lipinski definition) is 2. The summed E-state index contributed by atoms with van der Waals surface area (Å²) in [5.74, 6) is 0. The molecule has 0 aromatic heterocycles. The van der Waals surface area contributed by atoms with Crippen molar-refractivity contribution in [2.24, 2.45) is 0 Å². The lowest BCUT2D eigenvalue weighted by Gasteiger charge is -2.31. The van der Waals surface area contributed by atoms with E-state index in [1.54, 1.807) is 0 Å². The summed E-state index contributed by atoms with van der Waals surface area (Å²) in [7, 11) is 0. The van der Waals surface area contributed by atoms with Crippen molar-refractivity contribution in [3.05, 3.63) is 24.3 Å². The van der Waals surface area contributed by atoms with E-state index in [0.29, 0.717) is 6.61 Å². The molecular formula is C13H23NO. The second kappa shape index (κ2) is 6.81. The van der Waals surface area contributed by atoms with Gasteiger partial charge in [-0.1, -0.05) is 31.2 Å². The van der Waals surface area contributed by atoms with E-state index in [0.717, 1.165) is 38.6 Å². The quantitative estimate of drug-likeness (QED) is 0.631. The molecule has 1 aliphatic carbocycles. The molecular weight excluding hydrogens is 186 g/mol. The van der Waals surface area contributed by atoms with Crippen molar-refractivity contribution in [2.45, 2.75) is 44.6 Å². The van der Waals surface area contributed by atoms with Crippen LogP contribution in [0.5, 0.6) is 0 Å². The molecule has 0 heterocycles. The molecule has 0 amide bonds. The molecule has 1 rings (SSSR count). The Morgan fingerprint density at radius 1 is 1.27 bits per heavy atom. The molecule has 15 heavy (non-hydrogen) atoms. The van der Waals surface area contributed by atoms with Crippen molar-refractivity contribution >= 4 is 0 Å². The molecule has 0 radical (unpaired) electrons. The maximum Gasteiger partial charge on any atom is 0.0431 e. The van der Waals surface area contributed by atoms with Crippen LogP contribution in [0.15, 0.2) is 24.3 Å². The maximum absolute atomic E-state index is 8.67. The predicted octanol–water partition coefficient (Wildman–Crippen LogP) is 2.40. The highest BCUT2D eigenvalue weighted by atomic mass is 16.2. The van der Waals surface area contributed by atoms with Crippen molar-refractivity contribution in [3.8, 4) is 0 Å². The highest BCUT2D eigenvalue weighted by Crippen LogP contribution is 2.21. The average Bonchev–Trinajstić information content (AvgIpc) is 2.30. The van der Waals surface area contributed by atoms with Crippen molar-refractivity contribution < 1.29 is 5.11 Å². The topological polar surface area (TPSA) is 32.3 Å². The molecule has 2 N–H and O–H groups in total. The number of unbranched alkanes of at least 4 members (excludes halogenated alkanes) is 2. The minimum absolute atomic E-state index is 0.188. The van der Waals surface area contributed by atoms with E-state index >= 15 is 0 Å². The molecule has 0 aromatic rings. The molecule has 1 unspecified atom stereocenters. The smallest absolute Gasteiger partial charge is 0.0431 e. The van der Waals surface area contributed by atoms with Crippen LogP contribution in [0.4, 0.5) is 0 Å². The standard InChI is InChI=1S/C13H23NO/c1-2-13(9-5-3-6-10-13)14-11-7-4-8-12-15/h3,5-6,9,14-15H,2,4,7-8,10-12H2,1H3. The number of hydrogen-bond acceptors (Lipinski definition) is 2. The lowest BCUT2D eigenvalue weighted by atomic mass is 9.88. The van der Waals surface area contributed by atoms with E-state index in [1.165, 1.54) is 0 Å². The molecule has 0 fully saturated rings. The predicted molar refractivity (Wildman–Crippen MR) is 64.9 cm³/mol. The van der Waals surface area contributed by atoms with Gasteiger partial charge in [0, 0.05) is 12.1 Å². The Labute approximate surface area is 93.1 Å². The second-order valence-corrected chi connectivity index (χ2v) is 4.21. The van der Waals surface area contributed by atoms with E-state index in [9.17, 15) is 0 Å². The van der Waals surface area contributed by atoms with E-state index in [-0.39, 0.29) is 5.54 Å². The Bertz CT molecular complexity index is 223. The van der Waals surface area contributed by atoms with Crippen molar-refractivity contribution in [2.75, 3.05) is 13.2 Å². The number of allylic oxidation sites excluding steroid dienone is 2. The summed E-state index contributed by atoms with van der Waals surface area (Å²) < 4.78 is 0.